The maximum absolute atomic E-state index is 12.4. The van der Waals surface area contributed by atoms with Gasteiger partial charge in [0, 0.05) is 32.0 Å². The molecule has 0 atom stereocenters. The Bertz CT molecular complexity index is 684. The lowest BCUT2D eigenvalue weighted by atomic mass is 10.2. The third-order valence-corrected chi connectivity index (χ3v) is 4.49. The molecule has 0 spiro atoms. The lowest BCUT2D eigenvalue weighted by Gasteiger charge is -2.22. The van der Waals surface area contributed by atoms with Crippen LogP contribution in [0.2, 0.25) is 0 Å². The van der Waals surface area contributed by atoms with Crippen LogP contribution in [0.15, 0.2) is 24.0 Å². The number of carbonyl (C=O) groups excluding carboxylic acids is 3. The summed E-state index contributed by atoms with van der Waals surface area (Å²) < 4.78 is 1.84. The number of carbonyl (C=O) groups is 3. The van der Waals surface area contributed by atoms with Crippen molar-refractivity contribution < 1.29 is 14.4 Å². The molecule has 1 aromatic heterocycles. The summed E-state index contributed by atoms with van der Waals surface area (Å²) in [5.74, 6) is -0.620. The molecule has 0 unspecified atom stereocenters. The first-order valence-electron chi connectivity index (χ1n) is 8.30. The van der Waals surface area contributed by atoms with E-state index < -0.39 is 11.9 Å². The minimum absolute atomic E-state index is 0.166. The fraction of sp³-hybridized carbons (Fsp3) is 0.471. The van der Waals surface area contributed by atoms with Crippen LogP contribution >= 0.6 is 0 Å². The highest BCUT2D eigenvalue weighted by Gasteiger charge is 2.36. The van der Waals surface area contributed by atoms with Crippen molar-refractivity contribution in [2.24, 2.45) is 7.05 Å². The summed E-state index contributed by atoms with van der Waals surface area (Å²) >= 11 is 0. The van der Waals surface area contributed by atoms with Gasteiger partial charge < -0.3 is 14.8 Å². The van der Waals surface area contributed by atoms with E-state index in [9.17, 15) is 14.4 Å². The molecule has 24 heavy (non-hydrogen) atoms. The van der Waals surface area contributed by atoms with Crippen LogP contribution in [0.4, 0.5) is 4.79 Å². The van der Waals surface area contributed by atoms with Gasteiger partial charge >= 0.3 is 6.03 Å². The minimum Gasteiger partial charge on any atom is -0.351 e. The molecule has 128 valence electrons. The molecule has 3 heterocycles. The highest BCUT2D eigenvalue weighted by Crippen LogP contribution is 2.15. The summed E-state index contributed by atoms with van der Waals surface area (Å²) in [6, 6.07) is 3.16. The number of hydrogen-bond acceptors (Lipinski definition) is 3. The number of nitrogens with zero attached hydrogens (tertiary/aromatic N) is 3. The zero-order chi connectivity index (χ0) is 17.1. The number of rotatable bonds is 3. The number of amides is 4. The van der Waals surface area contributed by atoms with Crippen molar-refractivity contribution in [1.82, 2.24) is 19.7 Å². The number of imide groups is 1. The zero-order valence-corrected chi connectivity index (χ0v) is 13.8. The standard InChI is InChI=1S/C17H22N4O3/c1-19-8-6-7-13(19)11-14-16(23)21(17(24)18-14)12-15(22)20-9-4-2-3-5-10-20/h6-8,11H,2-5,9-10,12H2,1H3,(H,18,24)/b14-11+. The van der Waals surface area contributed by atoms with Crippen molar-refractivity contribution in [3.05, 3.63) is 29.7 Å². The van der Waals surface area contributed by atoms with Crippen LogP contribution in [0.25, 0.3) is 6.08 Å². The predicted molar refractivity (Wildman–Crippen MR) is 88.7 cm³/mol. The Kier molecular flexibility index (Phi) is 4.69. The van der Waals surface area contributed by atoms with Crippen molar-refractivity contribution in [1.29, 1.82) is 0 Å². The van der Waals surface area contributed by atoms with E-state index in [1.807, 2.05) is 29.9 Å². The van der Waals surface area contributed by atoms with Gasteiger partial charge in [-0.25, -0.2) is 9.69 Å². The highest BCUT2D eigenvalue weighted by molar-refractivity contribution is 6.15. The number of hydrogen-bond donors (Lipinski definition) is 1. The molecule has 1 N–H and O–H groups in total. The molecule has 2 aliphatic heterocycles. The Labute approximate surface area is 140 Å². The molecule has 2 aliphatic rings. The summed E-state index contributed by atoms with van der Waals surface area (Å²) in [6.45, 7) is 1.21. The minimum atomic E-state index is -0.538. The topological polar surface area (TPSA) is 74.7 Å². The number of aryl methyl sites for hydroxylation is 1. The predicted octanol–water partition coefficient (Wildman–Crippen LogP) is 1.32. The molecule has 0 aliphatic carbocycles. The van der Waals surface area contributed by atoms with Crippen LogP contribution in [0.1, 0.15) is 31.4 Å². The van der Waals surface area contributed by atoms with Gasteiger partial charge in [0.05, 0.1) is 0 Å². The number of nitrogens with one attached hydrogen (secondary N) is 1. The van der Waals surface area contributed by atoms with Gasteiger partial charge in [-0.3, -0.25) is 9.59 Å². The van der Waals surface area contributed by atoms with Crippen molar-refractivity contribution in [2.75, 3.05) is 19.6 Å². The number of urea groups is 1. The molecule has 2 saturated heterocycles. The molecule has 2 fully saturated rings. The third-order valence-electron chi connectivity index (χ3n) is 4.49. The van der Waals surface area contributed by atoms with E-state index >= 15 is 0 Å². The maximum Gasteiger partial charge on any atom is 0.329 e. The average Bonchev–Trinajstić information content (AvgIpc) is 2.95. The quantitative estimate of drug-likeness (QED) is 0.671. The van der Waals surface area contributed by atoms with Gasteiger partial charge in [-0.15, -0.1) is 0 Å². The van der Waals surface area contributed by atoms with E-state index in [0.717, 1.165) is 36.3 Å². The molecule has 4 amide bonds. The van der Waals surface area contributed by atoms with Crippen LogP contribution in [-0.2, 0) is 16.6 Å². The summed E-state index contributed by atoms with van der Waals surface area (Å²) in [7, 11) is 1.86. The van der Waals surface area contributed by atoms with Crippen LogP contribution in [-0.4, -0.2) is 51.8 Å². The molecule has 0 radical (unpaired) electrons. The van der Waals surface area contributed by atoms with Gasteiger partial charge in [0.2, 0.25) is 5.91 Å². The van der Waals surface area contributed by atoms with Crippen molar-refractivity contribution in [3.8, 4) is 0 Å². The summed E-state index contributed by atoms with van der Waals surface area (Å²) in [4.78, 5) is 39.7. The van der Waals surface area contributed by atoms with E-state index in [-0.39, 0.29) is 18.1 Å². The summed E-state index contributed by atoms with van der Waals surface area (Å²) in [6.07, 6.45) is 7.67. The SMILES string of the molecule is Cn1cccc1/C=C1/NC(=O)N(CC(=O)N2CCCCCC2)C1=O. The molecule has 0 aromatic carbocycles. The average molecular weight is 330 g/mol. The van der Waals surface area contributed by atoms with Gasteiger partial charge in [-0.2, -0.15) is 0 Å². The van der Waals surface area contributed by atoms with Crippen molar-refractivity contribution >= 4 is 23.9 Å². The summed E-state index contributed by atoms with van der Waals surface area (Å²) in [5.41, 5.74) is 1.00. The summed E-state index contributed by atoms with van der Waals surface area (Å²) in [5, 5.41) is 2.55. The zero-order valence-electron chi connectivity index (χ0n) is 13.8. The Morgan fingerprint density at radius 3 is 2.54 bits per heavy atom. The number of aromatic nitrogens is 1. The maximum atomic E-state index is 12.4. The van der Waals surface area contributed by atoms with E-state index in [1.165, 1.54) is 0 Å². The van der Waals surface area contributed by atoms with Gasteiger partial charge in [0.25, 0.3) is 5.91 Å². The molecule has 7 heteroatoms. The van der Waals surface area contributed by atoms with Gasteiger partial charge in [-0.1, -0.05) is 12.8 Å². The monoisotopic (exact) mass is 330 g/mol. The fourth-order valence-electron chi connectivity index (χ4n) is 3.04. The van der Waals surface area contributed by atoms with Gasteiger partial charge in [0.15, 0.2) is 0 Å². The molecule has 3 rings (SSSR count). The van der Waals surface area contributed by atoms with Crippen LogP contribution in [0.5, 0.6) is 0 Å². The first-order valence-corrected chi connectivity index (χ1v) is 8.30. The van der Waals surface area contributed by atoms with E-state index in [0.29, 0.717) is 13.1 Å². The second-order valence-corrected chi connectivity index (χ2v) is 6.22. The Balaban J connectivity index is 1.69. The Morgan fingerprint density at radius 2 is 1.92 bits per heavy atom. The molecule has 7 nitrogen and oxygen atoms in total. The van der Waals surface area contributed by atoms with Crippen LogP contribution in [0.3, 0.4) is 0 Å². The van der Waals surface area contributed by atoms with Crippen LogP contribution in [0, 0.1) is 0 Å². The first-order chi connectivity index (χ1) is 11.6. The van der Waals surface area contributed by atoms with Crippen molar-refractivity contribution in [2.45, 2.75) is 25.7 Å². The van der Waals surface area contributed by atoms with Crippen molar-refractivity contribution in [3.63, 3.8) is 0 Å². The molecule has 0 saturated carbocycles. The molecule has 0 bridgehead atoms. The molecular weight excluding hydrogens is 308 g/mol. The lowest BCUT2D eigenvalue weighted by Crippen LogP contribution is -2.43. The number of likely N-dealkylation sites (tertiary alicyclic amines) is 1. The molecular formula is C17H22N4O3. The Hall–Kier alpha value is -2.57. The fourth-order valence-corrected chi connectivity index (χ4v) is 3.04. The second-order valence-electron chi connectivity index (χ2n) is 6.22. The normalized spacial score (nSPS) is 20.5. The van der Waals surface area contributed by atoms with Gasteiger partial charge in [0.1, 0.15) is 12.2 Å². The van der Waals surface area contributed by atoms with Gasteiger partial charge in [-0.05, 0) is 31.1 Å². The van der Waals surface area contributed by atoms with E-state index in [4.69, 9.17) is 0 Å². The van der Waals surface area contributed by atoms with Crippen LogP contribution < -0.4 is 5.32 Å². The lowest BCUT2D eigenvalue weighted by molar-refractivity contribution is -0.135. The Morgan fingerprint density at radius 1 is 1.21 bits per heavy atom. The highest BCUT2D eigenvalue weighted by atomic mass is 16.2. The second kappa shape index (κ2) is 6.90. The van der Waals surface area contributed by atoms with E-state index in [2.05, 4.69) is 5.32 Å². The largest absolute Gasteiger partial charge is 0.351 e. The third kappa shape index (κ3) is 3.34. The molecule has 1 aromatic rings. The first kappa shape index (κ1) is 16.3. The van der Waals surface area contributed by atoms with E-state index in [1.54, 1.807) is 11.0 Å². The smallest absolute Gasteiger partial charge is 0.329 e.